The molecule has 0 bridgehead atoms. The van der Waals surface area contributed by atoms with E-state index >= 15 is 0 Å². The van der Waals surface area contributed by atoms with Crippen LogP contribution in [0.3, 0.4) is 0 Å². The second kappa shape index (κ2) is 4.46. The molecule has 3 rings (SSSR count). The molecule has 1 aromatic rings. The predicted octanol–water partition coefficient (Wildman–Crippen LogP) is 2.52. The first-order valence-electron chi connectivity index (χ1n) is 6.40. The van der Waals surface area contributed by atoms with Crippen molar-refractivity contribution in [1.29, 1.82) is 0 Å². The summed E-state index contributed by atoms with van der Waals surface area (Å²) in [5, 5.41) is 3.55. The molecule has 86 valence electrons. The van der Waals surface area contributed by atoms with E-state index in [4.69, 9.17) is 4.74 Å². The van der Waals surface area contributed by atoms with Crippen molar-refractivity contribution in [1.82, 2.24) is 5.32 Å². The van der Waals surface area contributed by atoms with Crippen LogP contribution < -0.4 is 10.1 Å². The lowest BCUT2D eigenvalue weighted by molar-refractivity contribution is 0.299. The van der Waals surface area contributed by atoms with Gasteiger partial charge in [0.05, 0.1) is 6.10 Å². The van der Waals surface area contributed by atoms with Crippen LogP contribution in [-0.4, -0.2) is 18.7 Å². The average molecular weight is 217 g/mol. The molecule has 1 aliphatic heterocycles. The Hall–Kier alpha value is -1.02. The number of hydrogen-bond donors (Lipinski definition) is 1. The van der Waals surface area contributed by atoms with E-state index in [1.54, 1.807) is 0 Å². The minimum Gasteiger partial charge on any atom is -0.490 e. The van der Waals surface area contributed by atoms with Crippen LogP contribution in [0.25, 0.3) is 0 Å². The van der Waals surface area contributed by atoms with E-state index in [1.165, 1.54) is 37.8 Å². The fourth-order valence-corrected chi connectivity index (χ4v) is 2.35. The summed E-state index contributed by atoms with van der Waals surface area (Å²) >= 11 is 0. The van der Waals surface area contributed by atoms with Gasteiger partial charge < -0.3 is 10.1 Å². The smallest absolute Gasteiger partial charge is 0.122 e. The highest BCUT2D eigenvalue weighted by atomic mass is 16.5. The summed E-state index contributed by atoms with van der Waals surface area (Å²) in [5.74, 6) is 1.11. The topological polar surface area (TPSA) is 21.3 Å². The summed E-state index contributed by atoms with van der Waals surface area (Å²) in [6.07, 6.45) is 6.70. The summed E-state index contributed by atoms with van der Waals surface area (Å²) in [6.45, 7) is 1.18. The van der Waals surface area contributed by atoms with Crippen molar-refractivity contribution >= 4 is 0 Å². The third kappa shape index (κ3) is 2.38. The van der Waals surface area contributed by atoms with E-state index in [2.05, 4.69) is 29.6 Å². The van der Waals surface area contributed by atoms with Gasteiger partial charge in [0.15, 0.2) is 0 Å². The monoisotopic (exact) mass is 217 g/mol. The third-order valence-electron chi connectivity index (χ3n) is 3.42. The predicted molar refractivity (Wildman–Crippen MR) is 64.8 cm³/mol. The molecule has 2 nitrogen and oxygen atoms in total. The summed E-state index contributed by atoms with van der Waals surface area (Å²) in [6, 6.07) is 9.16. The van der Waals surface area contributed by atoms with E-state index in [0.717, 1.165) is 12.2 Å². The molecule has 1 atom stereocenters. The molecule has 2 heteroatoms. The molecule has 0 aromatic heterocycles. The first kappa shape index (κ1) is 10.2. The number of para-hydroxylation sites is 1. The Kier molecular flexibility index (Phi) is 2.83. The molecule has 1 saturated carbocycles. The molecule has 1 N–H and O–H groups in total. The van der Waals surface area contributed by atoms with Gasteiger partial charge in [-0.05, 0) is 50.3 Å². The maximum absolute atomic E-state index is 5.94. The number of benzene rings is 1. The van der Waals surface area contributed by atoms with Gasteiger partial charge in [-0.1, -0.05) is 18.2 Å². The van der Waals surface area contributed by atoms with E-state index in [9.17, 15) is 0 Å². The van der Waals surface area contributed by atoms with Crippen molar-refractivity contribution in [3.63, 3.8) is 0 Å². The van der Waals surface area contributed by atoms with Gasteiger partial charge in [-0.3, -0.25) is 0 Å². The number of hydrogen-bond acceptors (Lipinski definition) is 2. The van der Waals surface area contributed by atoms with Crippen LogP contribution in [0.15, 0.2) is 24.3 Å². The molecule has 0 spiro atoms. The second-order valence-corrected chi connectivity index (χ2v) is 4.92. The fraction of sp³-hybridized carbons (Fsp3) is 0.571. The van der Waals surface area contributed by atoms with Crippen molar-refractivity contribution < 1.29 is 4.74 Å². The Morgan fingerprint density at radius 3 is 2.81 bits per heavy atom. The van der Waals surface area contributed by atoms with Crippen LogP contribution in [0, 0.1) is 0 Å². The Balaban J connectivity index is 1.70. The van der Waals surface area contributed by atoms with E-state index < -0.39 is 0 Å². The van der Waals surface area contributed by atoms with Gasteiger partial charge in [-0.2, -0.15) is 0 Å². The highest BCUT2D eigenvalue weighted by Crippen LogP contribution is 2.30. The Morgan fingerprint density at radius 2 is 2.06 bits per heavy atom. The van der Waals surface area contributed by atoms with Gasteiger partial charge in [-0.15, -0.1) is 0 Å². The van der Waals surface area contributed by atoms with Crippen molar-refractivity contribution in [3.8, 4) is 5.75 Å². The van der Waals surface area contributed by atoms with Gasteiger partial charge in [0.2, 0.25) is 0 Å². The molecule has 1 aromatic carbocycles. The van der Waals surface area contributed by atoms with Crippen LogP contribution in [-0.2, 0) is 6.42 Å². The van der Waals surface area contributed by atoms with Crippen molar-refractivity contribution in [2.75, 3.05) is 6.54 Å². The summed E-state index contributed by atoms with van der Waals surface area (Å²) in [4.78, 5) is 0. The van der Waals surface area contributed by atoms with Crippen LogP contribution in [0.2, 0.25) is 0 Å². The lowest BCUT2D eigenvalue weighted by Gasteiger charge is -2.14. The van der Waals surface area contributed by atoms with E-state index in [-0.39, 0.29) is 0 Å². The highest BCUT2D eigenvalue weighted by Gasteiger charge is 2.25. The maximum Gasteiger partial charge on any atom is 0.122 e. The molecule has 1 unspecified atom stereocenters. The van der Waals surface area contributed by atoms with Crippen molar-refractivity contribution in [3.05, 3.63) is 29.8 Å². The molecule has 2 fully saturated rings. The van der Waals surface area contributed by atoms with Crippen LogP contribution >= 0.6 is 0 Å². The standard InChI is InChI=1S/C14H19NO/c1-2-6-14(16-13-7-8-13)11(4-1)10-12-5-3-9-15-12/h1-2,4,6,12-13,15H,3,5,7-10H2. The minimum absolute atomic E-state index is 0.498. The van der Waals surface area contributed by atoms with Crippen molar-refractivity contribution in [2.45, 2.75) is 44.2 Å². The lowest BCUT2D eigenvalue weighted by atomic mass is 10.0. The lowest BCUT2D eigenvalue weighted by Crippen LogP contribution is -2.23. The van der Waals surface area contributed by atoms with Gasteiger partial charge in [0.1, 0.15) is 5.75 Å². The zero-order valence-electron chi connectivity index (χ0n) is 9.61. The number of nitrogens with one attached hydrogen (secondary N) is 1. The zero-order chi connectivity index (χ0) is 10.8. The summed E-state index contributed by atoms with van der Waals surface area (Å²) in [7, 11) is 0. The Labute approximate surface area is 97.0 Å². The Bertz CT molecular complexity index is 354. The molecule has 1 heterocycles. The highest BCUT2D eigenvalue weighted by molar-refractivity contribution is 5.34. The zero-order valence-corrected chi connectivity index (χ0v) is 9.61. The van der Waals surface area contributed by atoms with E-state index in [0.29, 0.717) is 12.1 Å². The second-order valence-electron chi connectivity index (χ2n) is 4.92. The van der Waals surface area contributed by atoms with Crippen LogP contribution in [0.5, 0.6) is 5.75 Å². The molecular formula is C14H19NO. The van der Waals surface area contributed by atoms with E-state index in [1.807, 2.05) is 0 Å². The Morgan fingerprint density at radius 1 is 1.19 bits per heavy atom. The first-order chi connectivity index (χ1) is 7.92. The molecule has 1 aliphatic carbocycles. The van der Waals surface area contributed by atoms with Crippen molar-refractivity contribution in [2.24, 2.45) is 0 Å². The SMILES string of the molecule is c1ccc(OC2CC2)c(CC2CCCN2)c1. The number of ether oxygens (including phenoxy) is 1. The molecule has 0 radical (unpaired) electrons. The minimum atomic E-state index is 0.498. The summed E-state index contributed by atoms with van der Waals surface area (Å²) in [5.41, 5.74) is 1.37. The van der Waals surface area contributed by atoms with Gasteiger partial charge in [-0.25, -0.2) is 0 Å². The number of rotatable bonds is 4. The molecule has 2 aliphatic rings. The first-order valence-corrected chi connectivity index (χ1v) is 6.40. The normalized spacial score (nSPS) is 24.6. The molecule has 1 saturated heterocycles. The molecule has 16 heavy (non-hydrogen) atoms. The quantitative estimate of drug-likeness (QED) is 0.836. The average Bonchev–Trinajstić information content (AvgIpc) is 2.96. The summed E-state index contributed by atoms with van der Waals surface area (Å²) < 4.78 is 5.94. The van der Waals surface area contributed by atoms with Gasteiger partial charge in [0.25, 0.3) is 0 Å². The molecule has 0 amide bonds. The third-order valence-corrected chi connectivity index (χ3v) is 3.42. The maximum atomic E-state index is 5.94. The van der Waals surface area contributed by atoms with Crippen LogP contribution in [0.4, 0.5) is 0 Å². The van der Waals surface area contributed by atoms with Crippen LogP contribution in [0.1, 0.15) is 31.2 Å². The molecular weight excluding hydrogens is 198 g/mol. The van der Waals surface area contributed by atoms with Gasteiger partial charge in [0, 0.05) is 6.04 Å². The van der Waals surface area contributed by atoms with Gasteiger partial charge >= 0.3 is 0 Å². The fourth-order valence-electron chi connectivity index (χ4n) is 2.35. The largest absolute Gasteiger partial charge is 0.490 e.